The molecule has 7 nitrogen and oxygen atoms in total. The van der Waals surface area contributed by atoms with Crippen LogP contribution in [0.3, 0.4) is 0 Å². The molecule has 0 aliphatic heterocycles. The van der Waals surface area contributed by atoms with Gasteiger partial charge in [-0.1, -0.05) is 0 Å². The SMILES string of the molecule is CCOC(=O)Oc1ccc(C(=O)NCCNC(=O)C(C)(C)CCl)cc1. The average molecular weight is 371 g/mol. The summed E-state index contributed by atoms with van der Waals surface area (Å²) in [7, 11) is 0. The van der Waals surface area contributed by atoms with E-state index in [-0.39, 0.29) is 36.6 Å². The molecule has 2 N–H and O–H groups in total. The molecular weight excluding hydrogens is 348 g/mol. The summed E-state index contributed by atoms with van der Waals surface area (Å²) in [4.78, 5) is 35.0. The first-order valence-electron chi connectivity index (χ1n) is 7.87. The van der Waals surface area contributed by atoms with Crippen molar-refractivity contribution in [1.29, 1.82) is 0 Å². The van der Waals surface area contributed by atoms with Gasteiger partial charge in [0.2, 0.25) is 5.91 Å². The summed E-state index contributed by atoms with van der Waals surface area (Å²) in [5.74, 6) is 0.0297. The lowest BCUT2D eigenvalue weighted by Gasteiger charge is -2.20. The third kappa shape index (κ3) is 7.01. The van der Waals surface area contributed by atoms with Crippen LogP contribution in [0.4, 0.5) is 4.79 Å². The fraction of sp³-hybridized carbons (Fsp3) is 0.471. The van der Waals surface area contributed by atoms with E-state index in [9.17, 15) is 14.4 Å². The Morgan fingerprint density at radius 3 is 2.24 bits per heavy atom. The van der Waals surface area contributed by atoms with E-state index in [2.05, 4.69) is 15.4 Å². The van der Waals surface area contributed by atoms with E-state index in [1.807, 2.05) is 0 Å². The van der Waals surface area contributed by atoms with E-state index in [4.69, 9.17) is 16.3 Å². The van der Waals surface area contributed by atoms with Crippen molar-refractivity contribution in [2.24, 2.45) is 5.41 Å². The maximum Gasteiger partial charge on any atom is 0.513 e. The molecule has 1 aromatic carbocycles. The van der Waals surface area contributed by atoms with Crippen LogP contribution in [0.25, 0.3) is 0 Å². The largest absolute Gasteiger partial charge is 0.513 e. The Labute approximate surface area is 152 Å². The quantitative estimate of drug-likeness (QED) is 0.317. The van der Waals surface area contributed by atoms with Crippen LogP contribution < -0.4 is 15.4 Å². The zero-order chi connectivity index (χ0) is 18.9. The van der Waals surface area contributed by atoms with Gasteiger partial charge in [0.15, 0.2) is 0 Å². The number of nitrogens with one attached hydrogen (secondary N) is 2. The van der Waals surface area contributed by atoms with Crippen LogP contribution >= 0.6 is 11.6 Å². The molecule has 0 heterocycles. The number of carbonyl (C=O) groups excluding carboxylic acids is 3. The second-order valence-electron chi connectivity index (χ2n) is 5.84. The molecule has 2 amide bonds. The predicted octanol–water partition coefficient (Wildman–Crippen LogP) is 2.33. The summed E-state index contributed by atoms with van der Waals surface area (Å²) in [6.07, 6.45) is -0.796. The molecule has 0 saturated heterocycles. The maximum absolute atomic E-state index is 12.0. The highest BCUT2D eigenvalue weighted by molar-refractivity contribution is 6.19. The van der Waals surface area contributed by atoms with E-state index in [1.54, 1.807) is 20.8 Å². The van der Waals surface area contributed by atoms with Crippen molar-refractivity contribution in [3.05, 3.63) is 29.8 Å². The van der Waals surface area contributed by atoms with Crippen molar-refractivity contribution in [2.45, 2.75) is 20.8 Å². The van der Waals surface area contributed by atoms with Crippen LogP contribution in [0, 0.1) is 5.41 Å². The van der Waals surface area contributed by atoms with Crippen molar-refractivity contribution < 1.29 is 23.9 Å². The molecule has 0 aliphatic rings. The van der Waals surface area contributed by atoms with E-state index in [0.717, 1.165) is 0 Å². The number of rotatable bonds is 8. The highest BCUT2D eigenvalue weighted by Gasteiger charge is 2.25. The topological polar surface area (TPSA) is 93.7 Å². The normalized spacial score (nSPS) is 10.7. The van der Waals surface area contributed by atoms with Gasteiger partial charge in [0.25, 0.3) is 5.91 Å². The molecule has 138 valence electrons. The van der Waals surface area contributed by atoms with Gasteiger partial charge in [-0.15, -0.1) is 11.6 Å². The lowest BCUT2D eigenvalue weighted by molar-refractivity contribution is -0.128. The molecule has 8 heteroatoms. The van der Waals surface area contributed by atoms with Gasteiger partial charge in [0.1, 0.15) is 5.75 Å². The predicted molar refractivity (Wildman–Crippen MR) is 93.9 cm³/mol. The van der Waals surface area contributed by atoms with Crippen molar-refractivity contribution in [3.8, 4) is 5.75 Å². The lowest BCUT2D eigenvalue weighted by atomic mass is 9.95. The molecule has 0 unspecified atom stereocenters. The van der Waals surface area contributed by atoms with Crippen molar-refractivity contribution in [3.63, 3.8) is 0 Å². The standard InChI is InChI=1S/C17H23ClN2O5/c1-4-24-16(23)25-13-7-5-12(6-8-13)14(21)19-9-10-20-15(22)17(2,3)11-18/h5-8H,4,9-11H2,1-3H3,(H,19,21)(H,20,22). The van der Waals surface area contributed by atoms with Crippen LogP contribution in [-0.2, 0) is 9.53 Å². The smallest absolute Gasteiger partial charge is 0.434 e. The number of benzene rings is 1. The number of ether oxygens (including phenoxy) is 2. The van der Waals surface area contributed by atoms with E-state index < -0.39 is 11.6 Å². The number of alkyl halides is 1. The number of halogens is 1. The van der Waals surface area contributed by atoms with Gasteiger partial charge in [-0.3, -0.25) is 9.59 Å². The molecule has 0 bridgehead atoms. The molecular formula is C17H23ClN2O5. The summed E-state index contributed by atoms with van der Waals surface area (Å²) in [6.45, 7) is 5.96. The Bertz CT molecular complexity index is 602. The van der Waals surface area contributed by atoms with Gasteiger partial charge in [0, 0.05) is 24.5 Å². The molecule has 0 atom stereocenters. The molecule has 25 heavy (non-hydrogen) atoms. The van der Waals surface area contributed by atoms with Crippen LogP contribution in [0.5, 0.6) is 5.75 Å². The minimum absolute atomic E-state index is 0.169. The van der Waals surface area contributed by atoms with Crippen molar-refractivity contribution in [2.75, 3.05) is 25.6 Å². The van der Waals surface area contributed by atoms with Crippen molar-refractivity contribution >= 4 is 29.6 Å². The molecule has 0 fully saturated rings. The van der Waals surface area contributed by atoms with Crippen LogP contribution in [-0.4, -0.2) is 43.5 Å². The summed E-state index contributed by atoms with van der Waals surface area (Å²) in [5, 5.41) is 5.40. The molecule has 0 aliphatic carbocycles. The van der Waals surface area contributed by atoms with Gasteiger partial charge in [-0.2, -0.15) is 0 Å². The highest BCUT2D eigenvalue weighted by Crippen LogP contribution is 2.16. The summed E-state index contributed by atoms with van der Waals surface area (Å²) in [6, 6.07) is 6.05. The van der Waals surface area contributed by atoms with Gasteiger partial charge in [0.05, 0.1) is 12.0 Å². The lowest BCUT2D eigenvalue weighted by Crippen LogP contribution is -2.41. The van der Waals surface area contributed by atoms with Gasteiger partial charge in [-0.05, 0) is 45.0 Å². The molecule has 1 rings (SSSR count). The van der Waals surface area contributed by atoms with Gasteiger partial charge < -0.3 is 20.1 Å². The second-order valence-corrected chi connectivity index (χ2v) is 6.11. The molecule has 0 aromatic heterocycles. The fourth-order valence-corrected chi connectivity index (χ4v) is 1.79. The first-order chi connectivity index (χ1) is 11.8. The first-order valence-corrected chi connectivity index (χ1v) is 8.40. The van der Waals surface area contributed by atoms with Gasteiger partial charge >= 0.3 is 6.16 Å². The van der Waals surface area contributed by atoms with Crippen molar-refractivity contribution in [1.82, 2.24) is 10.6 Å². The van der Waals surface area contributed by atoms with Crippen LogP contribution in [0.1, 0.15) is 31.1 Å². The molecule has 0 saturated carbocycles. The summed E-state index contributed by atoms with van der Waals surface area (Å²) < 4.78 is 9.56. The van der Waals surface area contributed by atoms with E-state index in [0.29, 0.717) is 12.1 Å². The first kappa shape index (κ1) is 20.8. The van der Waals surface area contributed by atoms with E-state index >= 15 is 0 Å². The third-order valence-corrected chi connectivity index (χ3v) is 3.89. The number of amides is 2. The minimum Gasteiger partial charge on any atom is -0.434 e. The number of carbonyl (C=O) groups is 3. The Kier molecular flexibility index (Phi) is 8.21. The zero-order valence-electron chi connectivity index (χ0n) is 14.6. The zero-order valence-corrected chi connectivity index (χ0v) is 15.3. The monoisotopic (exact) mass is 370 g/mol. The Morgan fingerprint density at radius 2 is 1.68 bits per heavy atom. The Balaban J connectivity index is 2.40. The summed E-state index contributed by atoms with van der Waals surface area (Å²) in [5.41, 5.74) is -0.246. The highest BCUT2D eigenvalue weighted by atomic mass is 35.5. The Morgan fingerprint density at radius 1 is 1.08 bits per heavy atom. The number of hydrogen-bond acceptors (Lipinski definition) is 5. The second kappa shape index (κ2) is 9.88. The molecule has 1 aromatic rings. The van der Waals surface area contributed by atoms with Crippen LogP contribution in [0.2, 0.25) is 0 Å². The van der Waals surface area contributed by atoms with Crippen LogP contribution in [0.15, 0.2) is 24.3 Å². The minimum atomic E-state index is -0.796. The van der Waals surface area contributed by atoms with Gasteiger partial charge in [-0.25, -0.2) is 4.79 Å². The maximum atomic E-state index is 12.0. The molecule has 0 radical (unpaired) electrons. The fourth-order valence-electron chi connectivity index (χ4n) is 1.67. The molecule has 0 spiro atoms. The number of hydrogen-bond donors (Lipinski definition) is 2. The summed E-state index contributed by atoms with van der Waals surface area (Å²) >= 11 is 5.72. The average Bonchev–Trinajstić information content (AvgIpc) is 2.59. The Hall–Kier alpha value is -2.28. The van der Waals surface area contributed by atoms with E-state index in [1.165, 1.54) is 24.3 Å². The third-order valence-electron chi connectivity index (χ3n) is 3.22.